The molecule has 0 aromatic carbocycles. The molecule has 2 unspecified atom stereocenters. The second-order valence-electron chi connectivity index (χ2n) is 3.63. The summed E-state index contributed by atoms with van der Waals surface area (Å²) < 4.78 is 0.934. The standard InChI is InChI=1S/C8H10BrN3S/c9-6-3-13-8(11-6)12-7-4-1-10-2-5(4)7/h3-5,7,10H,1-2H2,(H,11,12). The summed E-state index contributed by atoms with van der Waals surface area (Å²) in [5.74, 6) is 1.70. The predicted octanol–water partition coefficient (Wildman–Crippen LogP) is 1.54. The Labute approximate surface area is 89.1 Å². The molecule has 3 nitrogen and oxygen atoms in total. The highest BCUT2D eigenvalue weighted by Gasteiger charge is 2.53. The van der Waals surface area contributed by atoms with Gasteiger partial charge in [-0.05, 0) is 27.8 Å². The second-order valence-corrected chi connectivity index (χ2v) is 5.30. The Morgan fingerprint density at radius 2 is 2.31 bits per heavy atom. The number of rotatable bonds is 2. The van der Waals surface area contributed by atoms with Crippen molar-refractivity contribution in [2.45, 2.75) is 6.04 Å². The predicted molar refractivity (Wildman–Crippen MR) is 57.1 cm³/mol. The number of fused-ring (bicyclic) bond motifs is 1. The van der Waals surface area contributed by atoms with Crippen molar-refractivity contribution in [2.75, 3.05) is 18.4 Å². The van der Waals surface area contributed by atoms with Crippen molar-refractivity contribution in [1.82, 2.24) is 10.3 Å². The van der Waals surface area contributed by atoms with Crippen LogP contribution >= 0.6 is 27.3 Å². The third-order valence-electron chi connectivity index (χ3n) is 2.86. The molecule has 1 aromatic rings. The molecule has 0 bridgehead atoms. The van der Waals surface area contributed by atoms with Crippen LogP contribution in [0, 0.1) is 11.8 Å². The first-order valence-electron chi connectivity index (χ1n) is 4.43. The Kier molecular flexibility index (Phi) is 1.85. The molecule has 1 saturated heterocycles. The molecule has 2 aliphatic rings. The maximum absolute atomic E-state index is 4.32. The van der Waals surface area contributed by atoms with Crippen molar-refractivity contribution in [2.24, 2.45) is 11.8 Å². The molecule has 3 rings (SSSR count). The summed E-state index contributed by atoms with van der Waals surface area (Å²) in [4.78, 5) is 4.32. The van der Waals surface area contributed by atoms with Crippen LogP contribution in [-0.2, 0) is 0 Å². The fraction of sp³-hybridized carbons (Fsp3) is 0.625. The average molecular weight is 260 g/mol. The number of anilines is 1. The molecule has 70 valence electrons. The number of aromatic nitrogens is 1. The van der Waals surface area contributed by atoms with Crippen LogP contribution in [0.1, 0.15) is 0 Å². The summed E-state index contributed by atoms with van der Waals surface area (Å²) in [6.45, 7) is 2.35. The molecule has 1 saturated carbocycles. The summed E-state index contributed by atoms with van der Waals surface area (Å²) in [5, 5.41) is 9.91. The minimum absolute atomic E-state index is 0.680. The Bertz CT molecular complexity index is 317. The van der Waals surface area contributed by atoms with Gasteiger partial charge in [0.2, 0.25) is 0 Å². The van der Waals surface area contributed by atoms with Gasteiger partial charge >= 0.3 is 0 Å². The molecule has 13 heavy (non-hydrogen) atoms. The van der Waals surface area contributed by atoms with Crippen molar-refractivity contribution in [3.05, 3.63) is 9.98 Å². The molecule has 1 aliphatic carbocycles. The number of hydrogen-bond donors (Lipinski definition) is 2. The highest BCUT2D eigenvalue weighted by molar-refractivity contribution is 9.10. The summed E-state index contributed by atoms with van der Waals surface area (Å²) >= 11 is 5.02. The fourth-order valence-corrected chi connectivity index (χ4v) is 3.29. The van der Waals surface area contributed by atoms with Gasteiger partial charge in [-0.15, -0.1) is 11.3 Å². The summed E-state index contributed by atoms with van der Waals surface area (Å²) in [5.41, 5.74) is 0. The van der Waals surface area contributed by atoms with Crippen LogP contribution in [0.3, 0.4) is 0 Å². The Hall–Kier alpha value is -0.130. The fourth-order valence-electron chi connectivity index (χ4n) is 2.10. The van der Waals surface area contributed by atoms with Crippen molar-refractivity contribution >= 4 is 32.4 Å². The summed E-state index contributed by atoms with van der Waals surface area (Å²) in [7, 11) is 0. The molecule has 1 aromatic heterocycles. The number of nitrogens with zero attached hydrogens (tertiary/aromatic N) is 1. The molecule has 2 N–H and O–H groups in total. The van der Waals surface area contributed by atoms with E-state index in [1.54, 1.807) is 11.3 Å². The number of piperidine rings is 1. The van der Waals surface area contributed by atoms with Gasteiger partial charge in [-0.3, -0.25) is 0 Å². The Balaban J connectivity index is 1.65. The first-order chi connectivity index (χ1) is 6.34. The lowest BCUT2D eigenvalue weighted by Crippen LogP contribution is -2.21. The largest absolute Gasteiger partial charge is 0.358 e. The highest BCUT2D eigenvalue weighted by atomic mass is 79.9. The molecule has 0 amide bonds. The lowest BCUT2D eigenvalue weighted by atomic mass is 10.4. The van der Waals surface area contributed by atoms with Crippen molar-refractivity contribution in [3.8, 4) is 0 Å². The Morgan fingerprint density at radius 3 is 2.92 bits per heavy atom. The summed E-state index contributed by atoms with van der Waals surface area (Å²) in [6, 6.07) is 0.680. The maximum atomic E-state index is 4.32. The van der Waals surface area contributed by atoms with Gasteiger partial charge in [0.05, 0.1) is 0 Å². The smallest absolute Gasteiger partial charge is 0.183 e. The van der Waals surface area contributed by atoms with E-state index in [0.29, 0.717) is 6.04 Å². The van der Waals surface area contributed by atoms with E-state index in [2.05, 4.69) is 31.5 Å². The van der Waals surface area contributed by atoms with Crippen LogP contribution in [0.2, 0.25) is 0 Å². The van der Waals surface area contributed by atoms with E-state index in [9.17, 15) is 0 Å². The van der Waals surface area contributed by atoms with Gasteiger partial charge in [-0.25, -0.2) is 4.98 Å². The molecule has 2 atom stereocenters. The zero-order valence-electron chi connectivity index (χ0n) is 6.96. The molecular weight excluding hydrogens is 250 g/mol. The van der Waals surface area contributed by atoms with Crippen LogP contribution in [-0.4, -0.2) is 24.1 Å². The van der Waals surface area contributed by atoms with Crippen LogP contribution in [0.5, 0.6) is 0 Å². The summed E-state index contributed by atoms with van der Waals surface area (Å²) in [6.07, 6.45) is 0. The topological polar surface area (TPSA) is 37.0 Å². The lowest BCUT2D eigenvalue weighted by molar-refractivity contribution is 0.696. The van der Waals surface area contributed by atoms with Crippen molar-refractivity contribution in [1.29, 1.82) is 0 Å². The van der Waals surface area contributed by atoms with E-state index >= 15 is 0 Å². The van der Waals surface area contributed by atoms with E-state index in [4.69, 9.17) is 0 Å². The molecule has 0 spiro atoms. The molecule has 5 heteroatoms. The first-order valence-corrected chi connectivity index (χ1v) is 6.10. The van der Waals surface area contributed by atoms with Crippen molar-refractivity contribution in [3.63, 3.8) is 0 Å². The molecule has 1 aliphatic heterocycles. The lowest BCUT2D eigenvalue weighted by Gasteiger charge is -2.04. The van der Waals surface area contributed by atoms with Crippen molar-refractivity contribution < 1.29 is 0 Å². The van der Waals surface area contributed by atoms with E-state index in [1.165, 1.54) is 13.1 Å². The van der Waals surface area contributed by atoms with E-state index in [-0.39, 0.29) is 0 Å². The number of nitrogens with one attached hydrogen (secondary N) is 2. The second kappa shape index (κ2) is 2.93. The van der Waals surface area contributed by atoms with Gasteiger partial charge < -0.3 is 10.6 Å². The minimum Gasteiger partial charge on any atom is -0.358 e. The number of thiazole rings is 1. The zero-order valence-corrected chi connectivity index (χ0v) is 9.36. The monoisotopic (exact) mass is 259 g/mol. The van der Waals surface area contributed by atoms with E-state index in [1.807, 2.05) is 5.38 Å². The first kappa shape index (κ1) is 8.20. The van der Waals surface area contributed by atoms with Crippen LogP contribution in [0.25, 0.3) is 0 Å². The molecule has 2 fully saturated rings. The highest BCUT2D eigenvalue weighted by Crippen LogP contribution is 2.44. The zero-order chi connectivity index (χ0) is 8.84. The van der Waals surface area contributed by atoms with Gasteiger partial charge in [-0.2, -0.15) is 0 Å². The van der Waals surface area contributed by atoms with E-state index in [0.717, 1.165) is 21.6 Å². The quantitative estimate of drug-likeness (QED) is 0.846. The third-order valence-corrected chi connectivity index (χ3v) is 4.34. The molecular formula is C8H10BrN3S. The van der Waals surface area contributed by atoms with Crippen LogP contribution < -0.4 is 10.6 Å². The third kappa shape index (κ3) is 1.39. The van der Waals surface area contributed by atoms with Crippen LogP contribution in [0.15, 0.2) is 9.98 Å². The van der Waals surface area contributed by atoms with Crippen LogP contribution in [0.4, 0.5) is 5.13 Å². The maximum Gasteiger partial charge on any atom is 0.183 e. The minimum atomic E-state index is 0.680. The molecule has 2 heterocycles. The van der Waals surface area contributed by atoms with Gasteiger partial charge in [0.1, 0.15) is 4.60 Å². The Morgan fingerprint density at radius 1 is 1.54 bits per heavy atom. The SMILES string of the molecule is Brc1csc(NC2C3CNCC32)n1. The van der Waals surface area contributed by atoms with Gasteiger partial charge in [-0.1, -0.05) is 0 Å². The molecule has 0 radical (unpaired) electrons. The van der Waals surface area contributed by atoms with Gasteiger partial charge in [0, 0.05) is 24.5 Å². The van der Waals surface area contributed by atoms with Gasteiger partial charge in [0.25, 0.3) is 0 Å². The normalized spacial score (nSPS) is 35.9. The van der Waals surface area contributed by atoms with E-state index < -0.39 is 0 Å². The van der Waals surface area contributed by atoms with Gasteiger partial charge in [0.15, 0.2) is 5.13 Å². The average Bonchev–Trinajstić information content (AvgIpc) is 2.58. The number of halogens is 1. The number of hydrogen-bond acceptors (Lipinski definition) is 4.